The van der Waals surface area contributed by atoms with E-state index in [0.717, 1.165) is 42.3 Å². The van der Waals surface area contributed by atoms with Gasteiger partial charge in [0.2, 0.25) is 5.91 Å². The van der Waals surface area contributed by atoms with Gasteiger partial charge in [-0.25, -0.2) is 0 Å². The predicted octanol–water partition coefficient (Wildman–Crippen LogP) is 3.93. The summed E-state index contributed by atoms with van der Waals surface area (Å²) in [7, 11) is 0. The predicted molar refractivity (Wildman–Crippen MR) is 95.7 cm³/mol. The van der Waals surface area contributed by atoms with Gasteiger partial charge in [0.25, 0.3) is 5.91 Å². The van der Waals surface area contributed by atoms with Crippen molar-refractivity contribution in [3.8, 4) is 0 Å². The molecule has 144 valence electrons. The average molecular weight is 397 g/mol. The standard InChI is InChI=1S/C18H18F3N3O2S/c1-10(25)24-17-14(12-6-2-3-7-13(12)27-17)16(26)23-9-11-5-4-8-22-15(11)18(19,20)21/h4-5,8H,2-3,6-7,9H2,1H3,(H,23,26)(H,24,25). The van der Waals surface area contributed by atoms with Gasteiger partial charge >= 0.3 is 6.18 Å². The number of rotatable bonds is 4. The first-order chi connectivity index (χ1) is 12.8. The highest BCUT2D eigenvalue weighted by molar-refractivity contribution is 7.17. The topological polar surface area (TPSA) is 71.1 Å². The van der Waals surface area contributed by atoms with E-state index in [2.05, 4.69) is 15.6 Å². The third kappa shape index (κ3) is 4.29. The van der Waals surface area contributed by atoms with E-state index in [1.54, 1.807) is 0 Å². The summed E-state index contributed by atoms with van der Waals surface area (Å²) < 4.78 is 39.2. The number of carbonyl (C=O) groups excluding carboxylic acids is 2. The van der Waals surface area contributed by atoms with Crippen LogP contribution in [0.4, 0.5) is 18.2 Å². The van der Waals surface area contributed by atoms with Gasteiger partial charge in [-0.2, -0.15) is 13.2 Å². The molecule has 2 aromatic rings. The summed E-state index contributed by atoms with van der Waals surface area (Å²) >= 11 is 1.36. The lowest BCUT2D eigenvalue weighted by Gasteiger charge is -2.14. The van der Waals surface area contributed by atoms with Crippen molar-refractivity contribution in [3.05, 3.63) is 45.6 Å². The number of hydrogen-bond donors (Lipinski definition) is 2. The number of halogens is 3. The Morgan fingerprint density at radius 2 is 2.00 bits per heavy atom. The van der Waals surface area contributed by atoms with Crippen LogP contribution in [0.25, 0.3) is 0 Å². The van der Waals surface area contributed by atoms with Gasteiger partial charge in [-0.05, 0) is 37.3 Å². The molecule has 2 N–H and O–H groups in total. The number of alkyl halides is 3. The maximum absolute atomic E-state index is 13.1. The number of aromatic nitrogens is 1. The van der Waals surface area contributed by atoms with E-state index in [1.165, 1.54) is 30.4 Å². The molecule has 2 aromatic heterocycles. The van der Waals surface area contributed by atoms with Crippen molar-refractivity contribution in [2.45, 2.75) is 45.3 Å². The largest absolute Gasteiger partial charge is 0.433 e. The Kier molecular flexibility index (Phi) is 5.50. The lowest BCUT2D eigenvalue weighted by atomic mass is 9.95. The zero-order valence-corrected chi connectivity index (χ0v) is 15.4. The fourth-order valence-corrected chi connectivity index (χ4v) is 4.49. The van der Waals surface area contributed by atoms with Crippen molar-refractivity contribution in [3.63, 3.8) is 0 Å². The number of nitrogens with zero attached hydrogens (tertiary/aromatic N) is 1. The Bertz CT molecular complexity index is 877. The molecule has 9 heteroatoms. The highest BCUT2D eigenvalue weighted by Gasteiger charge is 2.35. The van der Waals surface area contributed by atoms with Crippen molar-refractivity contribution >= 4 is 28.2 Å². The lowest BCUT2D eigenvalue weighted by Crippen LogP contribution is -2.26. The number of nitrogens with one attached hydrogen (secondary N) is 2. The second-order valence-electron chi connectivity index (χ2n) is 6.29. The van der Waals surface area contributed by atoms with Crippen LogP contribution < -0.4 is 10.6 Å². The van der Waals surface area contributed by atoms with Gasteiger partial charge in [-0.15, -0.1) is 11.3 Å². The molecule has 3 rings (SSSR count). The van der Waals surface area contributed by atoms with Crippen molar-refractivity contribution < 1.29 is 22.8 Å². The van der Waals surface area contributed by atoms with E-state index < -0.39 is 17.8 Å². The molecule has 1 aliphatic carbocycles. The SMILES string of the molecule is CC(=O)Nc1sc2c(c1C(=O)NCc1cccnc1C(F)(F)F)CCCC2. The quantitative estimate of drug-likeness (QED) is 0.821. The smallest absolute Gasteiger partial charge is 0.348 e. The third-order valence-electron chi connectivity index (χ3n) is 4.29. The van der Waals surface area contributed by atoms with E-state index >= 15 is 0 Å². The van der Waals surface area contributed by atoms with Gasteiger partial charge in [-0.3, -0.25) is 14.6 Å². The van der Waals surface area contributed by atoms with Gasteiger partial charge in [-0.1, -0.05) is 6.07 Å². The first kappa shape index (κ1) is 19.3. The van der Waals surface area contributed by atoms with Crippen molar-refractivity contribution in [2.24, 2.45) is 0 Å². The van der Waals surface area contributed by atoms with Crippen LogP contribution in [0.2, 0.25) is 0 Å². The molecule has 0 fully saturated rings. The third-order valence-corrected chi connectivity index (χ3v) is 5.49. The molecular weight excluding hydrogens is 379 g/mol. The molecule has 2 amide bonds. The molecule has 27 heavy (non-hydrogen) atoms. The van der Waals surface area contributed by atoms with E-state index in [0.29, 0.717) is 10.6 Å². The summed E-state index contributed by atoms with van der Waals surface area (Å²) in [6.07, 6.45) is -0.0267. The fraction of sp³-hybridized carbons (Fsp3) is 0.389. The van der Waals surface area contributed by atoms with Crippen LogP contribution in [0.15, 0.2) is 18.3 Å². The van der Waals surface area contributed by atoms with Crippen LogP contribution in [0.3, 0.4) is 0 Å². The lowest BCUT2D eigenvalue weighted by molar-refractivity contribution is -0.141. The molecule has 2 heterocycles. The molecule has 0 saturated heterocycles. The molecule has 0 radical (unpaired) electrons. The second-order valence-corrected chi connectivity index (χ2v) is 7.39. The number of pyridine rings is 1. The number of carbonyl (C=O) groups is 2. The molecule has 0 spiro atoms. The molecule has 0 aliphatic heterocycles. The summed E-state index contributed by atoms with van der Waals surface area (Å²) in [6.45, 7) is 1.05. The van der Waals surface area contributed by atoms with Crippen LogP contribution in [0.1, 0.15) is 51.8 Å². The second kappa shape index (κ2) is 7.67. The van der Waals surface area contributed by atoms with Crippen LogP contribution in [-0.4, -0.2) is 16.8 Å². The molecule has 0 saturated carbocycles. The Morgan fingerprint density at radius 3 is 2.70 bits per heavy atom. The summed E-state index contributed by atoms with van der Waals surface area (Å²) in [5.74, 6) is -0.788. The van der Waals surface area contributed by atoms with Crippen molar-refractivity contribution in [2.75, 3.05) is 5.32 Å². The Labute approximate surface area is 158 Å². The van der Waals surface area contributed by atoms with Gasteiger partial charge in [0, 0.05) is 30.1 Å². The van der Waals surface area contributed by atoms with Crippen LogP contribution in [0, 0.1) is 0 Å². The summed E-state index contributed by atoms with van der Waals surface area (Å²) in [4.78, 5) is 28.7. The maximum Gasteiger partial charge on any atom is 0.433 e. The minimum Gasteiger partial charge on any atom is -0.348 e. The normalized spacial score (nSPS) is 13.8. The summed E-state index contributed by atoms with van der Waals surface area (Å²) in [5.41, 5.74) is 0.125. The molecule has 0 bridgehead atoms. The van der Waals surface area contributed by atoms with E-state index in [9.17, 15) is 22.8 Å². The van der Waals surface area contributed by atoms with Crippen molar-refractivity contribution in [1.29, 1.82) is 0 Å². The zero-order chi connectivity index (χ0) is 19.6. The molecule has 0 aromatic carbocycles. The van der Waals surface area contributed by atoms with Crippen molar-refractivity contribution in [1.82, 2.24) is 10.3 Å². The van der Waals surface area contributed by atoms with E-state index in [1.807, 2.05) is 0 Å². The Balaban J connectivity index is 1.85. The first-order valence-corrected chi connectivity index (χ1v) is 9.30. The molecule has 0 atom stereocenters. The maximum atomic E-state index is 13.1. The number of aryl methyl sites for hydroxylation is 1. The van der Waals surface area contributed by atoms with Crippen LogP contribution in [0.5, 0.6) is 0 Å². The van der Waals surface area contributed by atoms with Gasteiger partial charge in [0.15, 0.2) is 0 Å². The monoisotopic (exact) mass is 397 g/mol. The highest BCUT2D eigenvalue weighted by atomic mass is 32.1. The number of fused-ring (bicyclic) bond motifs is 1. The molecular formula is C18H18F3N3O2S. The Morgan fingerprint density at radius 1 is 1.26 bits per heavy atom. The number of amides is 2. The highest BCUT2D eigenvalue weighted by Crippen LogP contribution is 2.38. The molecule has 1 aliphatic rings. The van der Waals surface area contributed by atoms with Gasteiger partial charge in [0.05, 0.1) is 5.56 Å². The van der Waals surface area contributed by atoms with Crippen LogP contribution in [-0.2, 0) is 30.4 Å². The number of hydrogen-bond acceptors (Lipinski definition) is 4. The summed E-state index contributed by atoms with van der Waals surface area (Å²) in [5, 5.41) is 5.68. The fourth-order valence-electron chi connectivity index (χ4n) is 3.15. The molecule has 5 nitrogen and oxygen atoms in total. The molecule has 0 unspecified atom stereocenters. The average Bonchev–Trinajstić information content (AvgIpc) is 2.96. The zero-order valence-electron chi connectivity index (χ0n) is 14.6. The number of anilines is 1. The summed E-state index contributed by atoms with van der Waals surface area (Å²) in [6, 6.07) is 2.68. The minimum atomic E-state index is -4.59. The minimum absolute atomic E-state index is 0.108. The Hall–Kier alpha value is -2.42. The van der Waals surface area contributed by atoms with Gasteiger partial charge < -0.3 is 10.6 Å². The van der Waals surface area contributed by atoms with Crippen LogP contribution >= 0.6 is 11.3 Å². The van der Waals surface area contributed by atoms with E-state index in [-0.39, 0.29) is 18.0 Å². The number of thiophene rings is 1. The van der Waals surface area contributed by atoms with Gasteiger partial charge in [0.1, 0.15) is 10.7 Å². The van der Waals surface area contributed by atoms with E-state index in [4.69, 9.17) is 0 Å². The first-order valence-electron chi connectivity index (χ1n) is 8.48.